The molecule has 0 amide bonds. The van der Waals surface area contributed by atoms with E-state index in [9.17, 15) is 4.79 Å². The van der Waals surface area contributed by atoms with Crippen molar-refractivity contribution in [1.29, 1.82) is 0 Å². The number of anilines is 1. The van der Waals surface area contributed by atoms with Gasteiger partial charge in [0.1, 0.15) is 5.76 Å². The van der Waals surface area contributed by atoms with E-state index in [1.807, 2.05) is 0 Å². The number of hydrogen-bond donors (Lipinski definition) is 1. The van der Waals surface area contributed by atoms with Gasteiger partial charge in [0.15, 0.2) is 12.2 Å². The number of oxazole rings is 1. The first kappa shape index (κ1) is 8.55. The van der Waals surface area contributed by atoms with Gasteiger partial charge >= 0.3 is 0 Å². The van der Waals surface area contributed by atoms with E-state index in [-0.39, 0.29) is 11.5 Å². The molecule has 2 heterocycles. The van der Waals surface area contributed by atoms with Crippen LogP contribution in [0, 0.1) is 6.92 Å². The summed E-state index contributed by atoms with van der Waals surface area (Å²) in [4.78, 5) is 15.3. The van der Waals surface area contributed by atoms with Crippen LogP contribution in [0.4, 0.5) is 5.69 Å². The van der Waals surface area contributed by atoms with E-state index >= 15 is 0 Å². The fourth-order valence-corrected chi connectivity index (χ4v) is 1.15. The molecule has 0 aliphatic carbocycles. The van der Waals surface area contributed by atoms with Gasteiger partial charge in [-0.15, -0.1) is 0 Å². The summed E-state index contributed by atoms with van der Waals surface area (Å²) in [5.74, 6) is 0.406. The van der Waals surface area contributed by atoms with Crippen LogP contribution in [0.1, 0.15) is 22.1 Å². The number of nitrogen functional groups attached to an aromatic ring is 1. The maximum absolute atomic E-state index is 11.6. The highest BCUT2D eigenvalue weighted by Crippen LogP contribution is 2.20. The molecule has 2 aromatic rings. The summed E-state index contributed by atoms with van der Waals surface area (Å²) in [6, 6.07) is 1.59. The van der Waals surface area contributed by atoms with Gasteiger partial charge in [0.2, 0.25) is 5.76 Å². The second-order valence-corrected chi connectivity index (χ2v) is 2.84. The lowest BCUT2D eigenvalue weighted by Crippen LogP contribution is -2.01. The maximum atomic E-state index is 11.6. The van der Waals surface area contributed by atoms with E-state index in [0.29, 0.717) is 11.4 Å². The number of nitrogens with zero attached hydrogens (tertiary/aromatic N) is 1. The monoisotopic (exact) mass is 192 g/mol. The quantitative estimate of drug-likeness (QED) is 0.727. The highest BCUT2D eigenvalue weighted by molar-refractivity contribution is 6.08. The highest BCUT2D eigenvalue weighted by Gasteiger charge is 2.19. The van der Waals surface area contributed by atoms with E-state index in [1.165, 1.54) is 12.6 Å². The Kier molecular flexibility index (Phi) is 1.85. The van der Waals surface area contributed by atoms with Crippen molar-refractivity contribution in [2.75, 3.05) is 5.73 Å². The van der Waals surface area contributed by atoms with Gasteiger partial charge in [0.05, 0.1) is 11.9 Å². The van der Waals surface area contributed by atoms with E-state index in [4.69, 9.17) is 14.6 Å². The molecular formula is C9H8N2O3. The van der Waals surface area contributed by atoms with Gasteiger partial charge in [-0.25, -0.2) is 4.98 Å². The van der Waals surface area contributed by atoms with Crippen LogP contribution >= 0.6 is 0 Å². The predicted molar refractivity (Wildman–Crippen MR) is 47.8 cm³/mol. The molecule has 0 spiro atoms. The van der Waals surface area contributed by atoms with Crippen molar-refractivity contribution in [2.24, 2.45) is 0 Å². The third-order valence-corrected chi connectivity index (χ3v) is 1.75. The molecule has 0 aliphatic rings. The largest absolute Gasteiger partial charge is 0.455 e. The number of carbonyl (C=O) groups excluding carboxylic acids is 1. The molecule has 0 saturated carbocycles. The van der Waals surface area contributed by atoms with Gasteiger partial charge < -0.3 is 14.6 Å². The van der Waals surface area contributed by atoms with Crippen LogP contribution in [0.25, 0.3) is 0 Å². The molecule has 5 heteroatoms. The Morgan fingerprint density at radius 2 is 2.36 bits per heavy atom. The molecule has 14 heavy (non-hydrogen) atoms. The first-order chi connectivity index (χ1) is 6.68. The van der Waals surface area contributed by atoms with Gasteiger partial charge in [-0.2, -0.15) is 0 Å². The molecule has 0 fully saturated rings. The molecular weight excluding hydrogens is 184 g/mol. The van der Waals surface area contributed by atoms with Crippen LogP contribution in [0.15, 0.2) is 27.5 Å². The topological polar surface area (TPSA) is 82.3 Å². The summed E-state index contributed by atoms with van der Waals surface area (Å²) in [5.41, 5.74) is 5.88. The molecule has 2 aromatic heterocycles. The number of aromatic nitrogens is 1. The van der Waals surface area contributed by atoms with Crippen molar-refractivity contribution in [1.82, 2.24) is 4.98 Å². The van der Waals surface area contributed by atoms with Crippen LogP contribution in [-0.4, -0.2) is 10.8 Å². The van der Waals surface area contributed by atoms with Gasteiger partial charge in [-0.1, -0.05) is 0 Å². The minimum atomic E-state index is -0.395. The lowest BCUT2D eigenvalue weighted by molar-refractivity contribution is 0.0983. The van der Waals surface area contributed by atoms with Crippen LogP contribution in [-0.2, 0) is 0 Å². The number of rotatable bonds is 2. The smallest absolute Gasteiger partial charge is 0.267 e. The summed E-state index contributed by atoms with van der Waals surface area (Å²) in [6.45, 7) is 1.72. The zero-order chi connectivity index (χ0) is 10.1. The van der Waals surface area contributed by atoms with Crippen molar-refractivity contribution in [3.8, 4) is 0 Å². The van der Waals surface area contributed by atoms with E-state index in [1.54, 1.807) is 13.0 Å². The minimum absolute atomic E-state index is 0.0965. The first-order valence-corrected chi connectivity index (χ1v) is 3.97. The van der Waals surface area contributed by atoms with E-state index in [2.05, 4.69) is 4.98 Å². The van der Waals surface area contributed by atoms with Crippen LogP contribution in [0.2, 0.25) is 0 Å². The molecule has 2 N–H and O–H groups in total. The molecule has 72 valence electrons. The highest BCUT2D eigenvalue weighted by atomic mass is 16.4. The van der Waals surface area contributed by atoms with Gasteiger partial charge in [-0.3, -0.25) is 4.79 Å². The number of hydrogen-bond acceptors (Lipinski definition) is 5. The van der Waals surface area contributed by atoms with Gasteiger partial charge in [-0.05, 0) is 6.92 Å². The zero-order valence-corrected chi connectivity index (χ0v) is 7.48. The molecule has 5 nitrogen and oxygen atoms in total. The van der Waals surface area contributed by atoms with Gasteiger partial charge in [0.25, 0.3) is 5.78 Å². The average molecular weight is 192 g/mol. The molecule has 0 aliphatic heterocycles. The number of nitrogens with two attached hydrogens (primary N) is 1. The Bertz CT molecular complexity index is 456. The SMILES string of the molecule is Cc1cc(N)c(C(=O)c2cnco2)o1. The maximum Gasteiger partial charge on any atom is 0.267 e. The van der Waals surface area contributed by atoms with Crippen molar-refractivity contribution >= 4 is 11.5 Å². The number of aryl methyl sites for hydroxylation is 1. The fourth-order valence-electron chi connectivity index (χ4n) is 1.15. The Hall–Kier alpha value is -2.04. The molecule has 0 radical (unpaired) electrons. The van der Waals surface area contributed by atoms with Crippen molar-refractivity contribution < 1.29 is 13.6 Å². The third-order valence-electron chi connectivity index (χ3n) is 1.75. The second kappa shape index (κ2) is 3.02. The first-order valence-electron chi connectivity index (χ1n) is 3.97. The second-order valence-electron chi connectivity index (χ2n) is 2.84. The summed E-state index contributed by atoms with van der Waals surface area (Å²) in [5, 5.41) is 0. The third kappa shape index (κ3) is 1.28. The molecule has 2 rings (SSSR count). The summed E-state index contributed by atoms with van der Waals surface area (Å²) in [7, 11) is 0. The zero-order valence-electron chi connectivity index (χ0n) is 7.48. The van der Waals surface area contributed by atoms with Crippen molar-refractivity contribution in [3.63, 3.8) is 0 Å². The Balaban J connectivity index is 2.41. The number of furan rings is 1. The number of carbonyl (C=O) groups is 1. The van der Waals surface area contributed by atoms with Crippen molar-refractivity contribution in [2.45, 2.75) is 6.92 Å². The Morgan fingerprint density at radius 1 is 1.57 bits per heavy atom. The van der Waals surface area contributed by atoms with Crippen LogP contribution < -0.4 is 5.73 Å². The van der Waals surface area contributed by atoms with Crippen LogP contribution in [0.5, 0.6) is 0 Å². The Morgan fingerprint density at radius 3 is 2.86 bits per heavy atom. The molecule has 0 atom stereocenters. The average Bonchev–Trinajstić information content (AvgIpc) is 2.73. The van der Waals surface area contributed by atoms with Crippen molar-refractivity contribution in [3.05, 3.63) is 35.9 Å². The lowest BCUT2D eigenvalue weighted by atomic mass is 10.2. The predicted octanol–water partition coefficient (Wildman–Crippen LogP) is 1.39. The summed E-state index contributed by atoms with van der Waals surface area (Å²) in [6.07, 6.45) is 2.50. The summed E-state index contributed by atoms with van der Waals surface area (Å²) < 4.78 is 9.98. The molecule has 0 aromatic carbocycles. The van der Waals surface area contributed by atoms with E-state index in [0.717, 1.165) is 0 Å². The molecule has 0 unspecified atom stereocenters. The molecule has 0 saturated heterocycles. The Labute approximate surface area is 79.5 Å². The van der Waals surface area contributed by atoms with Crippen LogP contribution in [0.3, 0.4) is 0 Å². The normalized spacial score (nSPS) is 10.4. The molecule has 0 bridgehead atoms. The summed E-state index contributed by atoms with van der Waals surface area (Å²) >= 11 is 0. The minimum Gasteiger partial charge on any atom is -0.455 e. The van der Waals surface area contributed by atoms with Gasteiger partial charge in [0, 0.05) is 6.07 Å². The number of ketones is 1. The fraction of sp³-hybridized carbons (Fsp3) is 0.111. The lowest BCUT2D eigenvalue weighted by Gasteiger charge is -1.92. The van der Waals surface area contributed by atoms with E-state index < -0.39 is 5.78 Å². The standard InChI is InChI=1S/C9H8N2O3/c1-5-2-6(10)9(14-5)8(12)7-3-11-4-13-7/h2-4H,10H2,1H3.